The Morgan fingerprint density at radius 3 is 2.02 bits per heavy atom. The van der Waals surface area contributed by atoms with E-state index in [9.17, 15) is 14.7 Å². The molecule has 0 spiro atoms. The fraction of sp³-hybridized carbons (Fsp3) is 0.800. The summed E-state index contributed by atoms with van der Waals surface area (Å²) in [4.78, 5) is 24.2. The lowest BCUT2D eigenvalue weighted by Gasteiger charge is -2.43. The van der Waals surface area contributed by atoms with Crippen molar-refractivity contribution in [1.82, 2.24) is 0 Å². The molecule has 4 aliphatic rings. The van der Waals surface area contributed by atoms with Gasteiger partial charge in [-0.1, -0.05) is 45.9 Å². The van der Waals surface area contributed by atoms with Gasteiger partial charge in [0.1, 0.15) is 48.8 Å². The van der Waals surface area contributed by atoms with Crippen molar-refractivity contribution in [2.75, 3.05) is 0 Å². The van der Waals surface area contributed by atoms with E-state index in [4.69, 9.17) is 40.1 Å². The zero-order chi connectivity index (χ0) is 30.6. The van der Waals surface area contributed by atoms with Gasteiger partial charge in [-0.3, -0.25) is 9.59 Å². The molecule has 0 bridgehead atoms. The van der Waals surface area contributed by atoms with Gasteiger partial charge in [-0.25, -0.2) is 0 Å². The van der Waals surface area contributed by atoms with E-state index in [0.717, 1.165) is 25.7 Å². The molecule has 1 aliphatic heterocycles. The Bertz CT molecular complexity index is 892. The van der Waals surface area contributed by atoms with Crippen LogP contribution >= 0.6 is 0 Å². The molecule has 8 atom stereocenters. The molecule has 3 aliphatic carbocycles. The topological polar surface area (TPSA) is 194 Å². The first-order valence-corrected chi connectivity index (χ1v) is 14.8. The van der Waals surface area contributed by atoms with Crippen LogP contribution in [0.1, 0.15) is 66.2 Å². The summed E-state index contributed by atoms with van der Waals surface area (Å²) in [5.74, 6) is 0.755. The largest absolute Gasteiger partial charge is 0.462 e. The van der Waals surface area contributed by atoms with Crippen molar-refractivity contribution in [1.29, 1.82) is 0 Å². The third kappa shape index (κ3) is 8.16. The number of hydrogen-bond acceptors (Lipinski definition) is 11. The SMILES string of the molecule is CC[C@H](C)C(=O)O[C@H]1C[C@@H](C)C=C2C=C[C@H](C)[C@H](CC[C@@H]3C[C@@H](O)CC(=O)O3)[C@H]21.OC1C(O)C(O)C(O)C(O)C1O. The molecule has 4 rings (SSSR count). The van der Waals surface area contributed by atoms with Gasteiger partial charge in [-0.05, 0) is 49.0 Å². The zero-order valence-electron chi connectivity index (χ0n) is 24.3. The Hall–Kier alpha value is -1.86. The lowest BCUT2D eigenvalue weighted by Crippen LogP contribution is -2.63. The number of aliphatic hydroxyl groups is 7. The van der Waals surface area contributed by atoms with Crippen LogP contribution in [-0.4, -0.2) is 103 Å². The van der Waals surface area contributed by atoms with Gasteiger partial charge in [0.15, 0.2) is 0 Å². The Balaban J connectivity index is 0.000000322. The summed E-state index contributed by atoms with van der Waals surface area (Å²) < 4.78 is 11.5. The van der Waals surface area contributed by atoms with Gasteiger partial charge in [0, 0.05) is 12.3 Å². The Morgan fingerprint density at radius 1 is 0.951 bits per heavy atom. The first-order valence-electron chi connectivity index (χ1n) is 14.8. The molecule has 0 aromatic rings. The van der Waals surface area contributed by atoms with E-state index in [0.29, 0.717) is 24.2 Å². The minimum atomic E-state index is -1.64. The molecule has 0 radical (unpaired) electrons. The molecule has 0 aromatic carbocycles. The number of rotatable bonds is 6. The van der Waals surface area contributed by atoms with E-state index < -0.39 is 42.7 Å². The van der Waals surface area contributed by atoms with Crippen molar-refractivity contribution < 1.29 is 54.8 Å². The summed E-state index contributed by atoms with van der Waals surface area (Å²) >= 11 is 0. The van der Waals surface area contributed by atoms with Crippen molar-refractivity contribution in [3.8, 4) is 0 Å². The summed E-state index contributed by atoms with van der Waals surface area (Å²) in [6.45, 7) is 8.33. The second kappa shape index (κ2) is 14.5. The van der Waals surface area contributed by atoms with Crippen LogP contribution in [-0.2, 0) is 19.1 Å². The van der Waals surface area contributed by atoms with Crippen molar-refractivity contribution >= 4 is 11.9 Å². The zero-order valence-corrected chi connectivity index (χ0v) is 24.3. The van der Waals surface area contributed by atoms with Gasteiger partial charge >= 0.3 is 11.9 Å². The number of fused-ring (bicyclic) bond motifs is 1. The smallest absolute Gasteiger partial charge is 0.308 e. The first kappa shape index (κ1) is 33.6. The monoisotopic (exact) mass is 584 g/mol. The fourth-order valence-electron chi connectivity index (χ4n) is 6.28. The number of cyclic esters (lactones) is 1. The molecular weight excluding hydrogens is 536 g/mol. The minimum Gasteiger partial charge on any atom is -0.462 e. The second-order valence-electron chi connectivity index (χ2n) is 12.3. The molecule has 0 amide bonds. The number of aliphatic hydroxyl groups excluding tert-OH is 7. The summed E-state index contributed by atoms with van der Waals surface area (Å²) in [6, 6.07) is 0. The van der Waals surface area contributed by atoms with Gasteiger partial charge in [-0.2, -0.15) is 0 Å². The molecule has 234 valence electrons. The number of carbonyl (C=O) groups excluding carboxylic acids is 2. The van der Waals surface area contributed by atoms with Gasteiger partial charge in [0.2, 0.25) is 0 Å². The summed E-state index contributed by atoms with van der Waals surface area (Å²) in [5, 5.41) is 63.7. The van der Waals surface area contributed by atoms with Gasteiger partial charge in [0.25, 0.3) is 0 Å². The van der Waals surface area contributed by atoms with E-state index >= 15 is 0 Å². The van der Waals surface area contributed by atoms with Crippen LogP contribution < -0.4 is 0 Å². The quantitative estimate of drug-likeness (QED) is 0.213. The highest BCUT2D eigenvalue weighted by Crippen LogP contribution is 2.45. The molecule has 1 saturated carbocycles. The first-order chi connectivity index (χ1) is 19.2. The summed E-state index contributed by atoms with van der Waals surface area (Å²) in [5.41, 5.74) is 1.27. The maximum Gasteiger partial charge on any atom is 0.308 e. The van der Waals surface area contributed by atoms with Crippen LogP contribution in [0.15, 0.2) is 23.8 Å². The van der Waals surface area contributed by atoms with E-state index in [1.54, 1.807) is 0 Å². The number of hydrogen-bond donors (Lipinski definition) is 7. The molecule has 11 nitrogen and oxygen atoms in total. The standard InChI is InChI=1S/C24H36O5.C6H12O6/c1-5-15(3)24(27)29-21-11-14(2)10-17-7-6-16(4)20(23(17)21)9-8-19-12-18(25)13-22(26)28-19;7-1-2(8)4(10)6(12)5(11)3(1)9/h6-7,10,14-16,18-21,23,25H,5,8-9,11-13H2,1-4H3;1-12H/t14-,15-,16-,18+,19+,20-,21-,23-;/m0./s1. The maximum atomic E-state index is 12.5. The Morgan fingerprint density at radius 2 is 1.51 bits per heavy atom. The highest BCUT2D eigenvalue weighted by Gasteiger charge is 2.47. The van der Waals surface area contributed by atoms with Crippen molar-refractivity contribution in [2.45, 2.75) is 121 Å². The summed E-state index contributed by atoms with van der Waals surface area (Å²) in [6.07, 6.45) is -0.141. The molecule has 11 heteroatoms. The van der Waals surface area contributed by atoms with Gasteiger partial charge in [0.05, 0.1) is 18.4 Å². The van der Waals surface area contributed by atoms with Crippen LogP contribution in [0.4, 0.5) is 0 Å². The number of allylic oxidation sites excluding steroid dienone is 3. The van der Waals surface area contributed by atoms with E-state index in [-0.39, 0.29) is 42.4 Å². The Kier molecular flexibility index (Phi) is 11.9. The summed E-state index contributed by atoms with van der Waals surface area (Å²) in [7, 11) is 0. The lowest BCUT2D eigenvalue weighted by atomic mass is 9.65. The van der Waals surface area contributed by atoms with Crippen molar-refractivity contribution in [3.05, 3.63) is 23.8 Å². The van der Waals surface area contributed by atoms with Gasteiger partial charge in [-0.15, -0.1) is 0 Å². The maximum absolute atomic E-state index is 12.5. The predicted octanol–water partition coefficient (Wildman–Crippen LogP) is 0.361. The third-order valence-electron chi connectivity index (χ3n) is 9.03. The normalized spacial score (nSPS) is 43.0. The van der Waals surface area contributed by atoms with Crippen LogP contribution in [0, 0.1) is 29.6 Å². The number of ether oxygens (including phenoxy) is 2. The van der Waals surface area contributed by atoms with Crippen LogP contribution in [0.3, 0.4) is 0 Å². The number of esters is 2. The molecule has 0 aromatic heterocycles. The average Bonchev–Trinajstić information content (AvgIpc) is 2.92. The number of carbonyl (C=O) groups is 2. The minimum absolute atomic E-state index is 0.0854. The van der Waals surface area contributed by atoms with E-state index in [2.05, 4.69) is 32.1 Å². The van der Waals surface area contributed by atoms with Crippen LogP contribution in [0.5, 0.6) is 0 Å². The van der Waals surface area contributed by atoms with Crippen molar-refractivity contribution in [3.63, 3.8) is 0 Å². The predicted molar refractivity (Wildman–Crippen MR) is 147 cm³/mol. The fourth-order valence-corrected chi connectivity index (χ4v) is 6.28. The van der Waals surface area contributed by atoms with Crippen molar-refractivity contribution in [2.24, 2.45) is 29.6 Å². The molecule has 41 heavy (non-hydrogen) atoms. The van der Waals surface area contributed by atoms with E-state index in [1.807, 2.05) is 13.8 Å². The lowest BCUT2D eigenvalue weighted by molar-refractivity contribution is -0.223. The average molecular weight is 585 g/mol. The third-order valence-corrected chi connectivity index (χ3v) is 9.03. The molecule has 1 heterocycles. The molecular formula is C30H48O11. The van der Waals surface area contributed by atoms with Gasteiger partial charge < -0.3 is 45.2 Å². The van der Waals surface area contributed by atoms with Crippen LogP contribution in [0.25, 0.3) is 0 Å². The highest BCUT2D eigenvalue weighted by molar-refractivity contribution is 5.72. The second-order valence-corrected chi connectivity index (χ2v) is 12.3. The Labute approximate surface area is 241 Å². The highest BCUT2D eigenvalue weighted by atomic mass is 16.6. The van der Waals surface area contributed by atoms with Crippen LogP contribution in [0.2, 0.25) is 0 Å². The molecule has 2 fully saturated rings. The van der Waals surface area contributed by atoms with E-state index in [1.165, 1.54) is 5.57 Å². The molecule has 0 unspecified atom stereocenters. The molecule has 1 saturated heterocycles. The molecule has 7 N–H and O–H groups in total.